The fourth-order valence-corrected chi connectivity index (χ4v) is 2.26. The molecule has 0 saturated carbocycles. The van der Waals surface area contributed by atoms with Gasteiger partial charge in [-0.3, -0.25) is 4.98 Å². The van der Waals surface area contributed by atoms with Crippen molar-refractivity contribution in [1.29, 1.82) is 0 Å². The first-order valence-electron chi connectivity index (χ1n) is 6.75. The van der Waals surface area contributed by atoms with Crippen molar-refractivity contribution < 1.29 is 4.39 Å². The molecule has 2 aromatic rings. The Kier molecular flexibility index (Phi) is 5.07. The number of benzene rings is 1. The van der Waals surface area contributed by atoms with Crippen molar-refractivity contribution in [2.45, 2.75) is 13.0 Å². The second kappa shape index (κ2) is 7.01. The van der Waals surface area contributed by atoms with E-state index in [1.807, 2.05) is 43.3 Å². The predicted octanol–water partition coefficient (Wildman–Crippen LogP) is 2.62. The summed E-state index contributed by atoms with van der Waals surface area (Å²) in [5.74, 6) is -0.179. The number of aromatic nitrogens is 1. The van der Waals surface area contributed by atoms with Crippen molar-refractivity contribution in [2.75, 3.05) is 25.5 Å². The van der Waals surface area contributed by atoms with Crippen LogP contribution in [0.15, 0.2) is 42.6 Å². The number of pyridine rings is 1. The van der Waals surface area contributed by atoms with E-state index in [-0.39, 0.29) is 5.82 Å². The number of halogens is 1. The van der Waals surface area contributed by atoms with E-state index in [2.05, 4.69) is 10.3 Å². The van der Waals surface area contributed by atoms with Gasteiger partial charge >= 0.3 is 0 Å². The SMILES string of the molecule is CNCc1cccc(F)c1N(C)CCc1ccccn1. The number of anilines is 1. The molecule has 0 aliphatic carbocycles. The summed E-state index contributed by atoms with van der Waals surface area (Å²) in [4.78, 5) is 6.25. The van der Waals surface area contributed by atoms with Gasteiger partial charge in [0.1, 0.15) is 5.82 Å². The number of nitrogens with one attached hydrogen (secondary N) is 1. The largest absolute Gasteiger partial charge is 0.372 e. The minimum Gasteiger partial charge on any atom is -0.372 e. The highest BCUT2D eigenvalue weighted by Crippen LogP contribution is 2.23. The standard InChI is InChI=1S/C16H20FN3/c1-18-12-13-6-5-8-15(17)16(13)20(2)11-9-14-7-3-4-10-19-14/h3-8,10,18H,9,11-12H2,1-2H3. The van der Waals surface area contributed by atoms with Gasteiger partial charge in [0, 0.05) is 38.4 Å². The van der Waals surface area contributed by atoms with Crippen LogP contribution in [0.25, 0.3) is 0 Å². The lowest BCUT2D eigenvalue weighted by molar-refractivity contribution is 0.617. The van der Waals surface area contributed by atoms with Crippen LogP contribution in [0.2, 0.25) is 0 Å². The van der Waals surface area contributed by atoms with Crippen LogP contribution in [0, 0.1) is 5.82 Å². The van der Waals surface area contributed by atoms with Crippen LogP contribution < -0.4 is 10.2 Å². The van der Waals surface area contributed by atoms with E-state index in [0.717, 1.165) is 24.2 Å². The topological polar surface area (TPSA) is 28.2 Å². The van der Waals surface area contributed by atoms with Crippen molar-refractivity contribution in [3.8, 4) is 0 Å². The minimum atomic E-state index is -0.179. The fourth-order valence-electron chi connectivity index (χ4n) is 2.26. The molecule has 0 amide bonds. The molecule has 106 valence electrons. The summed E-state index contributed by atoms with van der Waals surface area (Å²) in [6.45, 7) is 1.38. The van der Waals surface area contributed by atoms with Crippen molar-refractivity contribution >= 4 is 5.69 Å². The molecule has 0 saturated heterocycles. The summed E-state index contributed by atoms with van der Waals surface area (Å²) in [5.41, 5.74) is 2.65. The van der Waals surface area contributed by atoms with Crippen LogP contribution in [0.4, 0.5) is 10.1 Å². The highest BCUT2D eigenvalue weighted by atomic mass is 19.1. The van der Waals surface area contributed by atoms with Crippen LogP contribution >= 0.6 is 0 Å². The molecule has 2 rings (SSSR count). The molecule has 1 aromatic carbocycles. The maximum atomic E-state index is 14.1. The third-order valence-corrected chi connectivity index (χ3v) is 3.25. The summed E-state index contributed by atoms with van der Waals surface area (Å²) in [6.07, 6.45) is 2.58. The quantitative estimate of drug-likeness (QED) is 0.877. The molecule has 0 atom stereocenters. The summed E-state index contributed by atoms with van der Waals surface area (Å²) in [6, 6.07) is 11.1. The highest BCUT2D eigenvalue weighted by molar-refractivity contribution is 5.54. The third kappa shape index (κ3) is 3.54. The first-order valence-corrected chi connectivity index (χ1v) is 6.75. The Morgan fingerprint density at radius 2 is 2.05 bits per heavy atom. The Bertz CT molecular complexity index is 543. The molecule has 0 spiro atoms. The van der Waals surface area contributed by atoms with Crippen molar-refractivity contribution in [2.24, 2.45) is 0 Å². The fraction of sp³-hybridized carbons (Fsp3) is 0.312. The number of hydrogen-bond donors (Lipinski definition) is 1. The predicted molar refractivity (Wildman–Crippen MR) is 80.4 cm³/mol. The number of rotatable bonds is 6. The van der Waals surface area contributed by atoms with Crippen molar-refractivity contribution in [3.05, 3.63) is 59.7 Å². The molecule has 0 bridgehead atoms. The van der Waals surface area contributed by atoms with Gasteiger partial charge in [0.05, 0.1) is 5.69 Å². The van der Waals surface area contributed by atoms with Crippen molar-refractivity contribution in [1.82, 2.24) is 10.3 Å². The molecule has 1 aromatic heterocycles. The second-order valence-electron chi connectivity index (χ2n) is 4.77. The molecule has 0 radical (unpaired) electrons. The number of likely N-dealkylation sites (N-methyl/N-ethyl adjacent to an activating group) is 1. The molecule has 1 N–H and O–H groups in total. The summed E-state index contributed by atoms with van der Waals surface area (Å²) >= 11 is 0. The molecule has 1 heterocycles. The van der Waals surface area contributed by atoms with Gasteiger partial charge in [-0.05, 0) is 30.8 Å². The van der Waals surface area contributed by atoms with E-state index in [0.29, 0.717) is 12.2 Å². The van der Waals surface area contributed by atoms with Gasteiger partial charge in [-0.1, -0.05) is 18.2 Å². The zero-order valence-corrected chi connectivity index (χ0v) is 11.9. The number of para-hydroxylation sites is 1. The lowest BCUT2D eigenvalue weighted by Gasteiger charge is -2.23. The van der Waals surface area contributed by atoms with E-state index in [9.17, 15) is 4.39 Å². The van der Waals surface area contributed by atoms with Crippen LogP contribution in [-0.2, 0) is 13.0 Å². The number of nitrogens with zero attached hydrogens (tertiary/aromatic N) is 2. The molecular weight excluding hydrogens is 253 g/mol. The molecule has 0 fully saturated rings. The maximum absolute atomic E-state index is 14.1. The van der Waals surface area contributed by atoms with E-state index >= 15 is 0 Å². The Hall–Kier alpha value is -1.94. The summed E-state index contributed by atoms with van der Waals surface area (Å²) < 4.78 is 14.1. The minimum absolute atomic E-state index is 0.179. The van der Waals surface area contributed by atoms with Gasteiger partial charge in [-0.2, -0.15) is 0 Å². The van der Waals surface area contributed by atoms with Crippen LogP contribution in [-0.4, -0.2) is 25.6 Å². The van der Waals surface area contributed by atoms with Gasteiger partial charge in [-0.15, -0.1) is 0 Å². The van der Waals surface area contributed by atoms with Gasteiger partial charge in [0.2, 0.25) is 0 Å². The molecule has 0 aliphatic heterocycles. The van der Waals surface area contributed by atoms with Crippen LogP contribution in [0.5, 0.6) is 0 Å². The van der Waals surface area contributed by atoms with Gasteiger partial charge in [0.25, 0.3) is 0 Å². The average molecular weight is 273 g/mol. The smallest absolute Gasteiger partial charge is 0.146 e. The molecular formula is C16H20FN3. The highest BCUT2D eigenvalue weighted by Gasteiger charge is 2.12. The number of hydrogen-bond acceptors (Lipinski definition) is 3. The molecule has 0 unspecified atom stereocenters. The zero-order valence-electron chi connectivity index (χ0n) is 11.9. The van der Waals surface area contributed by atoms with Gasteiger partial charge < -0.3 is 10.2 Å². The van der Waals surface area contributed by atoms with E-state index in [1.165, 1.54) is 6.07 Å². The van der Waals surface area contributed by atoms with Crippen molar-refractivity contribution in [3.63, 3.8) is 0 Å². The molecule has 20 heavy (non-hydrogen) atoms. The monoisotopic (exact) mass is 273 g/mol. The maximum Gasteiger partial charge on any atom is 0.146 e. The van der Waals surface area contributed by atoms with Crippen LogP contribution in [0.1, 0.15) is 11.3 Å². The van der Waals surface area contributed by atoms with E-state index < -0.39 is 0 Å². The first-order chi connectivity index (χ1) is 9.72. The Morgan fingerprint density at radius 1 is 1.20 bits per heavy atom. The second-order valence-corrected chi connectivity index (χ2v) is 4.77. The van der Waals surface area contributed by atoms with E-state index in [4.69, 9.17) is 0 Å². The molecule has 0 aliphatic rings. The Balaban J connectivity index is 2.10. The average Bonchev–Trinajstić information content (AvgIpc) is 2.46. The first kappa shape index (κ1) is 14.5. The normalized spacial score (nSPS) is 10.6. The lowest BCUT2D eigenvalue weighted by Crippen LogP contribution is -2.24. The summed E-state index contributed by atoms with van der Waals surface area (Å²) in [7, 11) is 3.78. The molecule has 4 heteroatoms. The Labute approximate surface area is 119 Å². The Morgan fingerprint density at radius 3 is 2.75 bits per heavy atom. The van der Waals surface area contributed by atoms with Gasteiger partial charge in [0.15, 0.2) is 0 Å². The molecule has 3 nitrogen and oxygen atoms in total. The van der Waals surface area contributed by atoms with E-state index in [1.54, 1.807) is 12.3 Å². The zero-order chi connectivity index (χ0) is 14.4. The lowest BCUT2D eigenvalue weighted by atomic mass is 10.1. The van der Waals surface area contributed by atoms with Crippen LogP contribution in [0.3, 0.4) is 0 Å². The summed E-state index contributed by atoms with van der Waals surface area (Å²) in [5, 5.41) is 3.07. The third-order valence-electron chi connectivity index (χ3n) is 3.25. The van der Waals surface area contributed by atoms with Gasteiger partial charge in [-0.25, -0.2) is 4.39 Å².